The molecule has 0 aliphatic carbocycles. The second-order valence-electron chi connectivity index (χ2n) is 18.9. The quantitative estimate of drug-likeness (QED) is 0.0279. The lowest BCUT2D eigenvalue weighted by Gasteiger charge is -2.24. The third-order valence-corrected chi connectivity index (χ3v) is 12.6. The molecule has 0 aliphatic rings. The summed E-state index contributed by atoms with van der Waals surface area (Å²) >= 11 is 0. The number of unbranched alkanes of at least 4 members (excludes halogenated alkanes) is 34. The van der Waals surface area contributed by atoms with Crippen LogP contribution < -0.4 is 0 Å². The van der Waals surface area contributed by atoms with Crippen molar-refractivity contribution in [1.82, 2.24) is 0 Å². The van der Waals surface area contributed by atoms with E-state index in [1.165, 1.54) is 193 Å². The highest BCUT2D eigenvalue weighted by Gasteiger charge is 2.27. The van der Waals surface area contributed by atoms with Crippen molar-refractivity contribution >= 4 is 19.8 Å². The largest absolute Gasteiger partial charge is 0.472 e. The number of rotatable bonds is 48. The number of hydrogen-bond acceptors (Lipinski definition) is 7. The smallest absolute Gasteiger partial charge is 0.462 e. The van der Waals surface area contributed by atoms with Crippen molar-refractivity contribution in [2.24, 2.45) is 0 Å². The van der Waals surface area contributed by atoms with Crippen molar-refractivity contribution in [2.45, 2.75) is 264 Å². The maximum absolute atomic E-state index is 12.7. The van der Waals surface area contributed by atoms with E-state index in [4.69, 9.17) is 18.5 Å². The summed E-state index contributed by atoms with van der Waals surface area (Å²) in [7, 11) is 1.50. The first-order valence-electron chi connectivity index (χ1n) is 25.8. The maximum Gasteiger partial charge on any atom is 0.472 e. The molecule has 1 N–H and O–H groups in total. The van der Waals surface area contributed by atoms with E-state index in [1.807, 2.05) is 21.1 Å². The number of phosphoric ester groups is 1. The number of carbonyl (C=O) groups excluding carboxylic acids is 2. The highest BCUT2D eigenvalue weighted by molar-refractivity contribution is 7.47. The normalized spacial score (nSPS) is 13.4. The van der Waals surface area contributed by atoms with E-state index in [0.717, 1.165) is 38.5 Å². The third-order valence-electron chi connectivity index (χ3n) is 11.6. The minimum absolute atomic E-state index is 0.0368. The number of ether oxygens (including phenoxy) is 2. The van der Waals surface area contributed by atoms with Crippen LogP contribution in [0.25, 0.3) is 0 Å². The minimum atomic E-state index is -4.37. The summed E-state index contributed by atoms with van der Waals surface area (Å²) < 4.78 is 34.3. The fraction of sp³-hybridized carbons (Fsp3) is 0.960. The van der Waals surface area contributed by atoms with Crippen LogP contribution in [0.3, 0.4) is 0 Å². The molecule has 2 unspecified atom stereocenters. The van der Waals surface area contributed by atoms with Gasteiger partial charge in [-0.25, -0.2) is 4.57 Å². The first-order valence-corrected chi connectivity index (χ1v) is 27.3. The lowest BCUT2D eigenvalue weighted by Crippen LogP contribution is -2.37. The zero-order valence-corrected chi connectivity index (χ0v) is 41.4. The molecule has 0 radical (unpaired) electrons. The van der Waals surface area contributed by atoms with Crippen molar-refractivity contribution < 1.29 is 42.1 Å². The Morgan fingerprint density at radius 3 is 1.07 bits per heavy atom. The van der Waals surface area contributed by atoms with Crippen LogP contribution in [0, 0.1) is 0 Å². The van der Waals surface area contributed by atoms with Gasteiger partial charge in [-0.15, -0.1) is 0 Å². The summed E-state index contributed by atoms with van der Waals surface area (Å²) in [5, 5.41) is 0. The molecule has 60 heavy (non-hydrogen) atoms. The van der Waals surface area contributed by atoms with Crippen LogP contribution in [0.15, 0.2) is 0 Å². The van der Waals surface area contributed by atoms with Gasteiger partial charge in [0.2, 0.25) is 0 Å². The van der Waals surface area contributed by atoms with Crippen LogP contribution in [0.1, 0.15) is 258 Å². The Bertz CT molecular complexity index is 990. The standard InChI is InChI=1S/C50H100NO8P/c1-6-8-10-12-14-16-17-18-19-20-21-22-23-24-25-26-27-28-29-30-31-32-33-35-37-39-41-43-50(53)59-48(47-58-60(54,55)57-45-44-51(3,4)5)46-56-49(52)42-40-38-36-34-15-13-11-9-7-2/h48H,6-47H2,1-5H3/p+1. The molecule has 0 saturated heterocycles. The fourth-order valence-corrected chi connectivity index (χ4v) is 8.35. The highest BCUT2D eigenvalue weighted by atomic mass is 31.2. The van der Waals surface area contributed by atoms with Gasteiger partial charge in [0.05, 0.1) is 27.7 Å². The first-order chi connectivity index (χ1) is 29.0. The second-order valence-corrected chi connectivity index (χ2v) is 20.4. The van der Waals surface area contributed by atoms with E-state index in [1.54, 1.807) is 0 Å². The van der Waals surface area contributed by atoms with Crippen LogP contribution in [-0.2, 0) is 32.7 Å². The monoisotopic (exact) mass is 875 g/mol. The average Bonchev–Trinajstić information content (AvgIpc) is 3.20. The van der Waals surface area contributed by atoms with Gasteiger partial charge in [0, 0.05) is 12.8 Å². The van der Waals surface area contributed by atoms with Gasteiger partial charge in [0.1, 0.15) is 19.8 Å². The molecule has 0 bridgehead atoms. The molecule has 2 atom stereocenters. The van der Waals surface area contributed by atoms with Gasteiger partial charge in [-0.05, 0) is 12.8 Å². The van der Waals surface area contributed by atoms with E-state index in [9.17, 15) is 19.0 Å². The van der Waals surface area contributed by atoms with Crippen molar-refractivity contribution in [1.29, 1.82) is 0 Å². The number of hydrogen-bond donors (Lipinski definition) is 1. The number of carbonyl (C=O) groups is 2. The second kappa shape index (κ2) is 43.3. The van der Waals surface area contributed by atoms with E-state index in [-0.39, 0.29) is 25.6 Å². The Morgan fingerprint density at radius 1 is 0.450 bits per heavy atom. The van der Waals surface area contributed by atoms with E-state index in [0.29, 0.717) is 17.4 Å². The zero-order valence-electron chi connectivity index (χ0n) is 40.5. The molecule has 0 saturated carbocycles. The maximum atomic E-state index is 12.7. The van der Waals surface area contributed by atoms with Crippen molar-refractivity contribution in [2.75, 3.05) is 47.5 Å². The Morgan fingerprint density at radius 2 is 0.750 bits per heavy atom. The molecule has 0 heterocycles. The molecule has 10 heteroatoms. The van der Waals surface area contributed by atoms with Gasteiger partial charge in [-0.2, -0.15) is 0 Å². The Balaban J connectivity index is 4.01. The van der Waals surface area contributed by atoms with Gasteiger partial charge >= 0.3 is 19.8 Å². The lowest BCUT2D eigenvalue weighted by molar-refractivity contribution is -0.870. The minimum Gasteiger partial charge on any atom is -0.462 e. The van der Waals surface area contributed by atoms with Gasteiger partial charge in [-0.3, -0.25) is 18.6 Å². The molecule has 0 aromatic carbocycles. The number of likely N-dealkylation sites (N-methyl/N-ethyl adjacent to an activating group) is 1. The van der Waals surface area contributed by atoms with Gasteiger partial charge < -0.3 is 18.9 Å². The molecule has 9 nitrogen and oxygen atoms in total. The molecule has 0 rings (SSSR count). The van der Waals surface area contributed by atoms with Crippen molar-refractivity contribution in [3.05, 3.63) is 0 Å². The molecule has 0 aromatic heterocycles. The Hall–Kier alpha value is -0.990. The molecule has 0 fully saturated rings. The van der Waals surface area contributed by atoms with Crippen molar-refractivity contribution in [3.63, 3.8) is 0 Å². The molecule has 0 spiro atoms. The van der Waals surface area contributed by atoms with Crippen molar-refractivity contribution in [3.8, 4) is 0 Å². The van der Waals surface area contributed by atoms with Crippen LogP contribution in [0.5, 0.6) is 0 Å². The van der Waals surface area contributed by atoms with Crippen LogP contribution in [-0.4, -0.2) is 74.9 Å². The topological polar surface area (TPSA) is 108 Å². The van der Waals surface area contributed by atoms with Crippen LogP contribution in [0.4, 0.5) is 0 Å². The molecular formula is C50H101NO8P+. The summed E-state index contributed by atoms with van der Waals surface area (Å²) in [5.74, 6) is -0.784. The molecular weight excluding hydrogens is 774 g/mol. The summed E-state index contributed by atoms with van der Waals surface area (Å²) in [4.78, 5) is 35.4. The van der Waals surface area contributed by atoms with E-state index >= 15 is 0 Å². The van der Waals surface area contributed by atoms with E-state index in [2.05, 4.69) is 13.8 Å². The van der Waals surface area contributed by atoms with Gasteiger partial charge in [0.25, 0.3) is 0 Å². The summed E-state index contributed by atoms with van der Waals surface area (Å²) in [6.07, 6.45) is 46.1. The SMILES string of the molecule is CCCCCCCCCCCCCCCCCCCCCCCCCCCCCC(=O)OC(COC(=O)CCCCCCCCCCC)COP(=O)(O)OCC[N+](C)(C)C. The zero-order chi connectivity index (χ0) is 44.3. The van der Waals surface area contributed by atoms with Gasteiger partial charge in [0.15, 0.2) is 6.10 Å². The average molecular weight is 875 g/mol. The number of esters is 2. The molecule has 358 valence electrons. The first kappa shape index (κ1) is 59.0. The molecule has 0 aromatic rings. The van der Waals surface area contributed by atoms with Gasteiger partial charge in [-0.1, -0.05) is 232 Å². The molecule has 0 aliphatic heterocycles. The molecule has 0 amide bonds. The fourth-order valence-electron chi connectivity index (χ4n) is 7.61. The Kier molecular flexibility index (Phi) is 42.6. The summed E-state index contributed by atoms with van der Waals surface area (Å²) in [6, 6.07) is 0. The Labute approximate surface area is 372 Å². The summed E-state index contributed by atoms with van der Waals surface area (Å²) in [6.45, 7) is 4.45. The van der Waals surface area contributed by atoms with Crippen LogP contribution in [0.2, 0.25) is 0 Å². The third kappa shape index (κ3) is 46.5. The predicted molar refractivity (Wildman–Crippen MR) is 252 cm³/mol. The number of quaternary nitrogens is 1. The van der Waals surface area contributed by atoms with Crippen LogP contribution >= 0.6 is 7.82 Å². The summed E-state index contributed by atoms with van der Waals surface area (Å²) in [5.41, 5.74) is 0. The lowest BCUT2D eigenvalue weighted by atomic mass is 10.0. The predicted octanol–water partition coefficient (Wildman–Crippen LogP) is 15.1. The highest BCUT2D eigenvalue weighted by Crippen LogP contribution is 2.43. The number of phosphoric acid groups is 1. The van der Waals surface area contributed by atoms with E-state index < -0.39 is 26.5 Å². The number of nitrogens with zero attached hydrogens (tertiary/aromatic N) is 1.